The molecule has 0 amide bonds. The molecular formula is C15H26N2O2. The van der Waals surface area contributed by atoms with Crippen LogP contribution in [-0.4, -0.2) is 25.9 Å². The lowest BCUT2D eigenvalue weighted by atomic mass is 9.98. The van der Waals surface area contributed by atoms with Gasteiger partial charge in [-0.15, -0.1) is 0 Å². The summed E-state index contributed by atoms with van der Waals surface area (Å²) in [5, 5.41) is 0. The summed E-state index contributed by atoms with van der Waals surface area (Å²) in [6.07, 6.45) is 1.83. The molecule has 1 rings (SSSR count). The van der Waals surface area contributed by atoms with Gasteiger partial charge >= 0.3 is 0 Å². The highest BCUT2D eigenvalue weighted by atomic mass is 16.5. The van der Waals surface area contributed by atoms with Gasteiger partial charge in [0.1, 0.15) is 5.75 Å². The van der Waals surface area contributed by atoms with Gasteiger partial charge in [-0.25, -0.2) is 0 Å². The fourth-order valence-electron chi connectivity index (χ4n) is 2.33. The minimum Gasteiger partial charge on any atom is -0.496 e. The highest BCUT2D eigenvalue weighted by Crippen LogP contribution is 2.22. The van der Waals surface area contributed by atoms with Gasteiger partial charge in [-0.2, -0.15) is 0 Å². The Morgan fingerprint density at radius 1 is 1.32 bits per heavy atom. The van der Waals surface area contributed by atoms with Gasteiger partial charge in [0.15, 0.2) is 0 Å². The Kier molecular flexibility index (Phi) is 6.84. The van der Waals surface area contributed by atoms with E-state index in [1.807, 2.05) is 19.1 Å². The van der Waals surface area contributed by atoms with E-state index in [-0.39, 0.29) is 12.1 Å². The van der Waals surface area contributed by atoms with E-state index in [4.69, 9.17) is 15.3 Å². The number of ether oxygens (including phenoxy) is 2. The monoisotopic (exact) mass is 266 g/mol. The maximum atomic E-state index is 5.74. The van der Waals surface area contributed by atoms with Crippen molar-refractivity contribution in [1.82, 2.24) is 5.43 Å². The molecule has 0 fully saturated rings. The van der Waals surface area contributed by atoms with Crippen LogP contribution in [0.3, 0.4) is 0 Å². The molecule has 0 aliphatic heterocycles. The Hall–Kier alpha value is -1.10. The Labute approximate surface area is 116 Å². The minimum atomic E-state index is 0.0839. The van der Waals surface area contributed by atoms with Crippen molar-refractivity contribution >= 4 is 0 Å². The number of methoxy groups -OCH3 is 1. The molecule has 0 spiro atoms. The van der Waals surface area contributed by atoms with E-state index in [1.165, 1.54) is 5.56 Å². The molecule has 1 aromatic carbocycles. The first-order valence-electron chi connectivity index (χ1n) is 6.87. The molecule has 108 valence electrons. The second-order valence-corrected chi connectivity index (χ2v) is 4.69. The molecule has 4 heteroatoms. The van der Waals surface area contributed by atoms with E-state index in [1.54, 1.807) is 7.11 Å². The minimum absolute atomic E-state index is 0.0839. The number of hydrogen-bond donors (Lipinski definition) is 2. The van der Waals surface area contributed by atoms with Crippen LogP contribution < -0.4 is 16.0 Å². The summed E-state index contributed by atoms with van der Waals surface area (Å²) < 4.78 is 11.1. The second kappa shape index (κ2) is 8.15. The van der Waals surface area contributed by atoms with Gasteiger partial charge in [0.2, 0.25) is 0 Å². The standard InChI is InChI=1S/C15H26N2O2/c1-5-14(19-6-2)13(17-16)10-12-9-11(3)7-8-15(12)18-4/h7-9,13-14,17H,5-6,10,16H2,1-4H3. The molecule has 0 aliphatic rings. The van der Waals surface area contributed by atoms with Crippen molar-refractivity contribution in [1.29, 1.82) is 0 Å². The van der Waals surface area contributed by atoms with E-state index in [0.717, 1.165) is 24.2 Å². The molecule has 3 N–H and O–H groups in total. The van der Waals surface area contributed by atoms with Gasteiger partial charge in [0, 0.05) is 6.61 Å². The third-order valence-corrected chi connectivity index (χ3v) is 3.32. The topological polar surface area (TPSA) is 56.5 Å². The molecule has 19 heavy (non-hydrogen) atoms. The predicted molar refractivity (Wildman–Crippen MR) is 78.3 cm³/mol. The number of nitrogens with two attached hydrogens (primary N) is 1. The summed E-state index contributed by atoms with van der Waals surface area (Å²) in [5.41, 5.74) is 5.25. The van der Waals surface area contributed by atoms with Crippen LogP contribution in [0.5, 0.6) is 5.75 Å². The summed E-state index contributed by atoms with van der Waals surface area (Å²) in [5.74, 6) is 6.59. The van der Waals surface area contributed by atoms with Gasteiger partial charge in [0.05, 0.1) is 19.3 Å². The van der Waals surface area contributed by atoms with E-state index >= 15 is 0 Å². The van der Waals surface area contributed by atoms with Crippen molar-refractivity contribution in [2.75, 3.05) is 13.7 Å². The van der Waals surface area contributed by atoms with Gasteiger partial charge in [-0.1, -0.05) is 24.6 Å². The average molecular weight is 266 g/mol. The molecule has 0 saturated carbocycles. The maximum Gasteiger partial charge on any atom is 0.122 e. The number of hydrogen-bond acceptors (Lipinski definition) is 4. The highest BCUT2D eigenvalue weighted by molar-refractivity contribution is 5.37. The van der Waals surface area contributed by atoms with Crippen LogP contribution in [0.15, 0.2) is 18.2 Å². The molecule has 0 radical (unpaired) electrons. The molecule has 0 heterocycles. The average Bonchev–Trinajstić information content (AvgIpc) is 2.42. The van der Waals surface area contributed by atoms with E-state index in [9.17, 15) is 0 Å². The largest absolute Gasteiger partial charge is 0.496 e. The van der Waals surface area contributed by atoms with Crippen LogP contribution in [0.2, 0.25) is 0 Å². The zero-order chi connectivity index (χ0) is 14.3. The lowest BCUT2D eigenvalue weighted by Crippen LogP contribution is -2.46. The molecule has 0 aromatic heterocycles. The Morgan fingerprint density at radius 2 is 2.05 bits per heavy atom. The molecule has 0 aliphatic carbocycles. The van der Waals surface area contributed by atoms with Gasteiger partial charge in [-0.3, -0.25) is 11.3 Å². The van der Waals surface area contributed by atoms with Crippen molar-refractivity contribution in [3.8, 4) is 5.75 Å². The summed E-state index contributed by atoms with van der Waals surface area (Å²) >= 11 is 0. The normalized spacial score (nSPS) is 14.2. The molecular weight excluding hydrogens is 240 g/mol. The van der Waals surface area contributed by atoms with Crippen molar-refractivity contribution in [2.45, 2.75) is 45.8 Å². The van der Waals surface area contributed by atoms with E-state index in [2.05, 4.69) is 25.3 Å². The van der Waals surface area contributed by atoms with Crippen LogP contribution in [-0.2, 0) is 11.2 Å². The lowest BCUT2D eigenvalue weighted by Gasteiger charge is -2.26. The first kappa shape index (κ1) is 16.0. The van der Waals surface area contributed by atoms with E-state index < -0.39 is 0 Å². The van der Waals surface area contributed by atoms with Crippen molar-refractivity contribution in [3.63, 3.8) is 0 Å². The number of aryl methyl sites for hydroxylation is 1. The Bertz CT molecular complexity index is 382. The first-order valence-corrected chi connectivity index (χ1v) is 6.87. The van der Waals surface area contributed by atoms with Crippen LogP contribution in [0, 0.1) is 6.92 Å². The summed E-state index contributed by atoms with van der Waals surface area (Å²) in [6.45, 7) is 6.89. The molecule has 2 atom stereocenters. The smallest absolute Gasteiger partial charge is 0.122 e. The third kappa shape index (κ3) is 4.49. The summed E-state index contributed by atoms with van der Waals surface area (Å²) in [7, 11) is 1.69. The van der Waals surface area contributed by atoms with E-state index in [0.29, 0.717) is 6.61 Å². The molecule has 2 unspecified atom stereocenters. The fraction of sp³-hybridized carbons (Fsp3) is 0.600. The van der Waals surface area contributed by atoms with Crippen LogP contribution >= 0.6 is 0 Å². The lowest BCUT2D eigenvalue weighted by molar-refractivity contribution is 0.0318. The zero-order valence-corrected chi connectivity index (χ0v) is 12.4. The quantitative estimate of drug-likeness (QED) is 0.559. The van der Waals surface area contributed by atoms with Crippen molar-refractivity contribution < 1.29 is 9.47 Å². The first-order chi connectivity index (χ1) is 9.15. The SMILES string of the molecule is CCOC(CC)C(Cc1cc(C)ccc1OC)NN. The Balaban J connectivity index is 2.87. The zero-order valence-electron chi connectivity index (χ0n) is 12.4. The van der Waals surface area contributed by atoms with Gasteiger partial charge in [-0.05, 0) is 38.3 Å². The van der Waals surface area contributed by atoms with Crippen molar-refractivity contribution in [3.05, 3.63) is 29.3 Å². The van der Waals surface area contributed by atoms with Crippen LogP contribution in [0.1, 0.15) is 31.4 Å². The number of nitrogens with one attached hydrogen (secondary N) is 1. The van der Waals surface area contributed by atoms with Crippen LogP contribution in [0.25, 0.3) is 0 Å². The Morgan fingerprint density at radius 3 is 2.58 bits per heavy atom. The summed E-state index contributed by atoms with van der Waals surface area (Å²) in [4.78, 5) is 0. The maximum absolute atomic E-state index is 5.74. The second-order valence-electron chi connectivity index (χ2n) is 4.69. The molecule has 0 bridgehead atoms. The molecule has 1 aromatic rings. The van der Waals surface area contributed by atoms with Crippen LogP contribution in [0.4, 0.5) is 0 Å². The number of rotatable bonds is 8. The van der Waals surface area contributed by atoms with Crippen molar-refractivity contribution in [2.24, 2.45) is 5.84 Å². The number of benzene rings is 1. The summed E-state index contributed by atoms with van der Waals surface area (Å²) in [6, 6.07) is 6.27. The van der Waals surface area contributed by atoms with Gasteiger partial charge in [0.25, 0.3) is 0 Å². The fourth-order valence-corrected chi connectivity index (χ4v) is 2.33. The molecule has 4 nitrogen and oxygen atoms in total. The van der Waals surface area contributed by atoms with Gasteiger partial charge < -0.3 is 9.47 Å². The predicted octanol–water partition coefficient (Wildman–Crippen LogP) is 2.19. The third-order valence-electron chi connectivity index (χ3n) is 3.32. The highest BCUT2D eigenvalue weighted by Gasteiger charge is 2.21. The molecule has 0 saturated heterocycles. The number of hydrazine groups is 1.